The van der Waals surface area contributed by atoms with Crippen LogP contribution < -0.4 is 15.0 Å². The number of hydrogen-bond donors (Lipinski definition) is 2. The van der Waals surface area contributed by atoms with Gasteiger partial charge in [0.05, 0.1) is 11.4 Å². The number of aromatic amines is 2. The highest BCUT2D eigenvalue weighted by molar-refractivity contribution is 5.73. The first-order valence-electron chi connectivity index (χ1n) is 7.90. The maximum absolute atomic E-state index is 12.1. The van der Waals surface area contributed by atoms with E-state index >= 15 is 0 Å². The van der Waals surface area contributed by atoms with Crippen LogP contribution in [-0.2, 0) is 0 Å². The molecule has 7 nitrogen and oxygen atoms in total. The number of H-pyrrole nitrogens is 2. The first kappa shape index (κ1) is 15.2. The Balaban J connectivity index is 1.70. The van der Waals surface area contributed by atoms with E-state index in [2.05, 4.69) is 20.4 Å². The van der Waals surface area contributed by atoms with Gasteiger partial charge in [-0.15, -0.1) is 5.11 Å². The fourth-order valence-electron chi connectivity index (χ4n) is 2.57. The number of aryl methyl sites for hydroxylation is 1. The van der Waals surface area contributed by atoms with E-state index in [4.69, 9.17) is 9.47 Å². The minimum atomic E-state index is -0.333. The van der Waals surface area contributed by atoms with Gasteiger partial charge in [-0.05, 0) is 37.3 Å². The van der Waals surface area contributed by atoms with E-state index in [9.17, 15) is 4.79 Å². The van der Waals surface area contributed by atoms with Crippen molar-refractivity contribution in [3.63, 3.8) is 0 Å². The molecule has 0 amide bonds. The molecule has 0 spiro atoms. The highest BCUT2D eigenvalue weighted by Crippen LogP contribution is 2.36. The van der Waals surface area contributed by atoms with Crippen LogP contribution in [0, 0.1) is 6.92 Å². The van der Waals surface area contributed by atoms with E-state index in [-0.39, 0.29) is 11.2 Å². The number of nitrogens with one attached hydrogen (secondary N) is 2. The van der Waals surface area contributed by atoms with Crippen molar-refractivity contribution in [3.8, 4) is 22.8 Å². The van der Waals surface area contributed by atoms with Gasteiger partial charge >= 0.3 is 0 Å². The van der Waals surface area contributed by atoms with Gasteiger partial charge in [-0.2, -0.15) is 5.11 Å². The van der Waals surface area contributed by atoms with Gasteiger partial charge in [0.25, 0.3) is 5.56 Å². The van der Waals surface area contributed by atoms with Crippen molar-refractivity contribution >= 4 is 11.4 Å². The summed E-state index contributed by atoms with van der Waals surface area (Å²) < 4.78 is 11.1. The number of nitrogens with zero attached hydrogens (tertiary/aromatic N) is 2. The van der Waals surface area contributed by atoms with Gasteiger partial charge in [-0.1, -0.05) is 17.7 Å². The molecule has 7 heteroatoms. The van der Waals surface area contributed by atoms with E-state index in [1.807, 2.05) is 49.4 Å². The van der Waals surface area contributed by atoms with Crippen molar-refractivity contribution in [3.05, 3.63) is 58.4 Å². The highest BCUT2D eigenvalue weighted by Gasteiger charge is 2.16. The number of rotatable bonds is 3. The fraction of sp³-hybridized carbons (Fsp3) is 0.167. The Morgan fingerprint density at radius 3 is 2.48 bits per heavy atom. The third-order valence-electron chi connectivity index (χ3n) is 3.88. The monoisotopic (exact) mass is 336 g/mol. The smallest absolute Gasteiger partial charge is 0.292 e. The molecule has 0 unspecified atom stereocenters. The first-order chi connectivity index (χ1) is 12.2. The lowest BCUT2D eigenvalue weighted by Gasteiger charge is -2.18. The van der Waals surface area contributed by atoms with E-state index in [1.165, 1.54) is 0 Å². The van der Waals surface area contributed by atoms with Crippen LogP contribution in [0.2, 0.25) is 0 Å². The molecule has 3 aromatic rings. The summed E-state index contributed by atoms with van der Waals surface area (Å²) >= 11 is 0. The summed E-state index contributed by atoms with van der Waals surface area (Å²) in [7, 11) is 0. The van der Waals surface area contributed by atoms with Crippen molar-refractivity contribution in [2.45, 2.75) is 6.92 Å². The van der Waals surface area contributed by atoms with Crippen LogP contribution in [0.4, 0.5) is 11.4 Å². The lowest BCUT2D eigenvalue weighted by atomic mass is 10.1. The zero-order valence-corrected chi connectivity index (χ0v) is 13.6. The van der Waals surface area contributed by atoms with Crippen molar-refractivity contribution in [2.24, 2.45) is 10.2 Å². The summed E-state index contributed by atoms with van der Waals surface area (Å²) in [6.45, 7) is 3.03. The third-order valence-corrected chi connectivity index (χ3v) is 3.88. The Labute approximate surface area is 143 Å². The Kier molecular flexibility index (Phi) is 3.81. The van der Waals surface area contributed by atoms with Crippen LogP contribution in [0.3, 0.4) is 0 Å². The summed E-state index contributed by atoms with van der Waals surface area (Å²) in [4.78, 5) is 12.1. The molecule has 1 aliphatic rings. The Morgan fingerprint density at radius 1 is 0.920 bits per heavy atom. The standard InChI is InChI=1S/C18H16N4O3/c1-11-2-5-13(6-3-11)19-21-17-16(20-22-18(17)23)12-4-7-14-15(10-12)25-9-8-24-14/h2-7,10H,8-9H2,1H3,(H2,20,22,23). The molecular weight excluding hydrogens is 320 g/mol. The Hall–Kier alpha value is -3.35. The van der Waals surface area contributed by atoms with Gasteiger partial charge < -0.3 is 9.47 Å². The Bertz CT molecular complexity index is 986. The number of aromatic nitrogens is 2. The third kappa shape index (κ3) is 3.03. The minimum Gasteiger partial charge on any atom is -0.486 e. The summed E-state index contributed by atoms with van der Waals surface area (Å²) in [6.07, 6.45) is 0. The van der Waals surface area contributed by atoms with Crippen molar-refractivity contribution in [1.29, 1.82) is 0 Å². The van der Waals surface area contributed by atoms with Crippen LogP contribution in [0.1, 0.15) is 5.56 Å². The van der Waals surface area contributed by atoms with E-state index in [0.29, 0.717) is 36.1 Å². The van der Waals surface area contributed by atoms with E-state index < -0.39 is 0 Å². The molecule has 1 aromatic heterocycles. The average molecular weight is 336 g/mol. The second-order valence-electron chi connectivity index (χ2n) is 5.70. The summed E-state index contributed by atoms with van der Waals surface area (Å²) in [5, 5.41) is 13.7. The second kappa shape index (κ2) is 6.27. The minimum absolute atomic E-state index is 0.220. The summed E-state index contributed by atoms with van der Waals surface area (Å²) in [6, 6.07) is 13.1. The molecule has 0 aliphatic carbocycles. The van der Waals surface area contributed by atoms with Gasteiger partial charge in [0.1, 0.15) is 13.2 Å². The largest absolute Gasteiger partial charge is 0.486 e. The van der Waals surface area contributed by atoms with Crippen LogP contribution >= 0.6 is 0 Å². The molecular formula is C18H16N4O3. The van der Waals surface area contributed by atoms with E-state index in [1.54, 1.807) is 0 Å². The van der Waals surface area contributed by atoms with Gasteiger partial charge in [0, 0.05) is 5.56 Å². The topological polar surface area (TPSA) is 91.8 Å². The van der Waals surface area contributed by atoms with Gasteiger partial charge in [-0.3, -0.25) is 15.0 Å². The lowest BCUT2D eigenvalue weighted by molar-refractivity contribution is 0.171. The lowest BCUT2D eigenvalue weighted by Crippen LogP contribution is -2.15. The van der Waals surface area contributed by atoms with Gasteiger partial charge in [0.15, 0.2) is 17.2 Å². The quantitative estimate of drug-likeness (QED) is 0.711. The molecule has 0 atom stereocenters. The zero-order chi connectivity index (χ0) is 17.2. The maximum Gasteiger partial charge on any atom is 0.292 e. The van der Waals surface area contributed by atoms with E-state index in [0.717, 1.165) is 11.1 Å². The number of hydrogen-bond acceptors (Lipinski definition) is 5. The molecule has 2 N–H and O–H groups in total. The number of benzene rings is 2. The molecule has 0 radical (unpaired) electrons. The molecule has 25 heavy (non-hydrogen) atoms. The average Bonchev–Trinajstić information content (AvgIpc) is 3.01. The molecule has 0 bridgehead atoms. The van der Waals surface area contributed by atoms with Crippen LogP contribution in [-0.4, -0.2) is 23.4 Å². The zero-order valence-electron chi connectivity index (χ0n) is 13.6. The predicted octanol–water partition coefficient (Wildman–Crippen LogP) is 3.87. The molecule has 0 saturated carbocycles. The van der Waals surface area contributed by atoms with Gasteiger partial charge in [-0.25, -0.2) is 0 Å². The molecule has 0 saturated heterocycles. The summed E-state index contributed by atoms with van der Waals surface area (Å²) in [5.41, 5.74) is 3.02. The first-order valence-corrected chi connectivity index (χ1v) is 7.90. The van der Waals surface area contributed by atoms with Crippen molar-refractivity contribution in [2.75, 3.05) is 13.2 Å². The molecule has 4 rings (SSSR count). The molecule has 126 valence electrons. The van der Waals surface area contributed by atoms with Crippen LogP contribution in [0.5, 0.6) is 11.5 Å². The van der Waals surface area contributed by atoms with Gasteiger partial charge in [0.2, 0.25) is 0 Å². The summed E-state index contributed by atoms with van der Waals surface area (Å²) in [5.74, 6) is 1.34. The normalized spacial score (nSPS) is 13.3. The number of ether oxygens (including phenoxy) is 2. The van der Waals surface area contributed by atoms with Crippen molar-refractivity contribution in [1.82, 2.24) is 10.2 Å². The molecule has 0 fully saturated rings. The fourth-order valence-corrected chi connectivity index (χ4v) is 2.57. The molecule has 1 aliphatic heterocycles. The SMILES string of the molecule is Cc1ccc(N=Nc2c(-c3ccc4c(c3)OCCO4)[nH][nH]c2=O)cc1. The second-order valence-corrected chi connectivity index (χ2v) is 5.70. The molecule has 2 aromatic carbocycles. The Morgan fingerprint density at radius 2 is 1.68 bits per heavy atom. The highest BCUT2D eigenvalue weighted by atomic mass is 16.6. The van der Waals surface area contributed by atoms with Crippen molar-refractivity contribution < 1.29 is 9.47 Å². The number of fused-ring (bicyclic) bond motifs is 1. The van der Waals surface area contributed by atoms with Crippen LogP contribution in [0.25, 0.3) is 11.3 Å². The molecule has 2 heterocycles. The predicted molar refractivity (Wildman–Crippen MR) is 93.2 cm³/mol. The number of azo groups is 1. The van der Waals surface area contributed by atoms with Crippen LogP contribution in [0.15, 0.2) is 57.5 Å². The maximum atomic E-state index is 12.1.